The zero-order chi connectivity index (χ0) is 11.4. The first kappa shape index (κ1) is 11.9. The van der Waals surface area contributed by atoms with E-state index in [1.54, 1.807) is 0 Å². The standard InChI is InChI=1S/C14H20ClN/c1-2-12-5-7-13(8-6-12)11-16-9-3-4-14(16)10-15/h5-8,14H,2-4,9-11H2,1H3. The van der Waals surface area contributed by atoms with Gasteiger partial charge < -0.3 is 0 Å². The predicted molar refractivity (Wildman–Crippen MR) is 70.0 cm³/mol. The van der Waals surface area contributed by atoms with Gasteiger partial charge in [0.2, 0.25) is 0 Å². The predicted octanol–water partition coefficient (Wildman–Crippen LogP) is 3.45. The van der Waals surface area contributed by atoms with E-state index in [0.717, 1.165) is 18.8 Å². The smallest absolute Gasteiger partial charge is 0.0379 e. The van der Waals surface area contributed by atoms with Crippen LogP contribution < -0.4 is 0 Å². The van der Waals surface area contributed by atoms with Gasteiger partial charge in [0.25, 0.3) is 0 Å². The third kappa shape index (κ3) is 2.78. The summed E-state index contributed by atoms with van der Waals surface area (Å²) in [6, 6.07) is 9.57. The van der Waals surface area contributed by atoms with Gasteiger partial charge in [0.1, 0.15) is 0 Å². The first-order valence-electron chi connectivity index (χ1n) is 6.21. The molecule has 1 saturated heterocycles. The Morgan fingerprint density at radius 2 is 1.94 bits per heavy atom. The maximum Gasteiger partial charge on any atom is 0.0379 e. The Morgan fingerprint density at radius 1 is 1.25 bits per heavy atom. The largest absolute Gasteiger partial charge is 0.295 e. The molecule has 1 fully saturated rings. The molecular weight excluding hydrogens is 218 g/mol. The first-order valence-corrected chi connectivity index (χ1v) is 6.74. The minimum Gasteiger partial charge on any atom is -0.295 e. The molecule has 16 heavy (non-hydrogen) atoms. The van der Waals surface area contributed by atoms with E-state index in [4.69, 9.17) is 11.6 Å². The van der Waals surface area contributed by atoms with Gasteiger partial charge in [-0.2, -0.15) is 0 Å². The molecule has 88 valence electrons. The zero-order valence-electron chi connectivity index (χ0n) is 9.95. The van der Waals surface area contributed by atoms with Crippen LogP contribution >= 0.6 is 11.6 Å². The van der Waals surface area contributed by atoms with Crippen molar-refractivity contribution in [1.82, 2.24) is 4.90 Å². The highest BCUT2D eigenvalue weighted by molar-refractivity contribution is 6.18. The normalized spacial score (nSPS) is 21.5. The second-order valence-electron chi connectivity index (χ2n) is 4.59. The van der Waals surface area contributed by atoms with Gasteiger partial charge in [0.05, 0.1) is 0 Å². The minimum absolute atomic E-state index is 0.590. The van der Waals surface area contributed by atoms with Crippen molar-refractivity contribution in [1.29, 1.82) is 0 Å². The maximum atomic E-state index is 5.97. The van der Waals surface area contributed by atoms with Crippen LogP contribution in [0.5, 0.6) is 0 Å². The van der Waals surface area contributed by atoms with Gasteiger partial charge in [-0.15, -0.1) is 11.6 Å². The van der Waals surface area contributed by atoms with Crippen LogP contribution in [0, 0.1) is 0 Å². The Hall–Kier alpha value is -0.530. The first-order chi connectivity index (χ1) is 7.83. The summed E-state index contributed by atoms with van der Waals surface area (Å²) in [7, 11) is 0. The second-order valence-corrected chi connectivity index (χ2v) is 4.90. The van der Waals surface area contributed by atoms with Crippen molar-refractivity contribution in [3.05, 3.63) is 35.4 Å². The van der Waals surface area contributed by atoms with Gasteiger partial charge in [0, 0.05) is 18.5 Å². The molecule has 1 atom stereocenters. The number of likely N-dealkylation sites (tertiary alicyclic amines) is 1. The molecule has 0 saturated carbocycles. The van der Waals surface area contributed by atoms with Gasteiger partial charge in [-0.1, -0.05) is 31.2 Å². The number of hydrogen-bond donors (Lipinski definition) is 0. The highest BCUT2D eigenvalue weighted by Gasteiger charge is 2.23. The molecule has 0 bridgehead atoms. The fraction of sp³-hybridized carbons (Fsp3) is 0.571. The summed E-state index contributed by atoms with van der Waals surface area (Å²) in [5, 5.41) is 0. The molecule has 0 aliphatic carbocycles. The average molecular weight is 238 g/mol. The fourth-order valence-corrected chi connectivity index (χ4v) is 2.74. The average Bonchev–Trinajstić information content (AvgIpc) is 2.77. The molecule has 0 spiro atoms. The Kier molecular flexibility index (Phi) is 4.25. The van der Waals surface area contributed by atoms with Crippen molar-refractivity contribution in [3.8, 4) is 0 Å². The number of hydrogen-bond acceptors (Lipinski definition) is 1. The van der Waals surface area contributed by atoms with Crippen LogP contribution in [0.2, 0.25) is 0 Å². The molecule has 1 aliphatic heterocycles. The molecule has 2 heteroatoms. The molecule has 1 aromatic carbocycles. The van der Waals surface area contributed by atoms with Crippen molar-refractivity contribution in [3.63, 3.8) is 0 Å². The quantitative estimate of drug-likeness (QED) is 0.725. The van der Waals surface area contributed by atoms with Gasteiger partial charge in [-0.3, -0.25) is 4.90 Å². The Balaban J connectivity index is 1.97. The van der Waals surface area contributed by atoms with Crippen LogP contribution in [-0.2, 0) is 13.0 Å². The molecular formula is C14H20ClN. The number of alkyl halides is 1. The number of halogens is 1. The summed E-state index contributed by atoms with van der Waals surface area (Å²) in [5.74, 6) is 0.771. The summed E-state index contributed by atoms with van der Waals surface area (Å²) in [5.41, 5.74) is 2.83. The molecule has 0 amide bonds. The van der Waals surface area contributed by atoms with Crippen LogP contribution in [0.3, 0.4) is 0 Å². The van der Waals surface area contributed by atoms with Crippen molar-refractivity contribution < 1.29 is 0 Å². The summed E-state index contributed by atoms with van der Waals surface area (Å²) in [6.45, 7) is 4.45. The molecule has 1 aromatic rings. The van der Waals surface area contributed by atoms with Crippen molar-refractivity contribution in [2.24, 2.45) is 0 Å². The molecule has 1 unspecified atom stereocenters. The van der Waals surface area contributed by atoms with Gasteiger partial charge in [0.15, 0.2) is 0 Å². The minimum atomic E-state index is 0.590. The van der Waals surface area contributed by atoms with E-state index in [0.29, 0.717) is 6.04 Å². The SMILES string of the molecule is CCc1ccc(CN2CCCC2CCl)cc1. The van der Waals surface area contributed by atoms with Crippen LogP contribution in [0.25, 0.3) is 0 Å². The molecule has 2 rings (SSSR count). The third-order valence-electron chi connectivity index (χ3n) is 3.49. The van der Waals surface area contributed by atoms with E-state index in [1.807, 2.05) is 0 Å². The summed E-state index contributed by atoms with van der Waals surface area (Å²) < 4.78 is 0. The van der Waals surface area contributed by atoms with E-state index in [-0.39, 0.29) is 0 Å². The molecule has 0 radical (unpaired) electrons. The van der Waals surface area contributed by atoms with E-state index in [9.17, 15) is 0 Å². The monoisotopic (exact) mass is 237 g/mol. The lowest BCUT2D eigenvalue weighted by Crippen LogP contribution is -2.30. The maximum absolute atomic E-state index is 5.97. The zero-order valence-corrected chi connectivity index (χ0v) is 10.7. The summed E-state index contributed by atoms with van der Waals surface area (Å²) >= 11 is 5.97. The lowest BCUT2D eigenvalue weighted by molar-refractivity contribution is 0.263. The molecule has 0 aromatic heterocycles. The van der Waals surface area contributed by atoms with E-state index < -0.39 is 0 Å². The Labute approximate surface area is 103 Å². The fourth-order valence-electron chi connectivity index (χ4n) is 2.39. The Morgan fingerprint density at radius 3 is 2.56 bits per heavy atom. The number of aryl methyl sites for hydroxylation is 1. The van der Waals surface area contributed by atoms with E-state index in [2.05, 4.69) is 36.1 Å². The highest BCUT2D eigenvalue weighted by Crippen LogP contribution is 2.21. The molecule has 0 N–H and O–H groups in total. The molecule has 1 nitrogen and oxygen atoms in total. The van der Waals surface area contributed by atoms with Gasteiger partial charge in [-0.25, -0.2) is 0 Å². The van der Waals surface area contributed by atoms with Crippen LogP contribution in [0.4, 0.5) is 0 Å². The van der Waals surface area contributed by atoms with Crippen molar-refractivity contribution in [2.45, 2.75) is 38.8 Å². The number of benzene rings is 1. The highest BCUT2D eigenvalue weighted by atomic mass is 35.5. The summed E-state index contributed by atoms with van der Waals surface area (Å²) in [6.07, 6.45) is 3.68. The van der Waals surface area contributed by atoms with Gasteiger partial charge >= 0.3 is 0 Å². The third-order valence-corrected chi connectivity index (χ3v) is 3.85. The van der Waals surface area contributed by atoms with Crippen molar-refractivity contribution in [2.75, 3.05) is 12.4 Å². The number of rotatable bonds is 4. The van der Waals surface area contributed by atoms with Crippen LogP contribution in [0.1, 0.15) is 30.9 Å². The van der Waals surface area contributed by atoms with Crippen LogP contribution in [0.15, 0.2) is 24.3 Å². The molecule has 1 aliphatic rings. The van der Waals surface area contributed by atoms with Crippen LogP contribution in [-0.4, -0.2) is 23.4 Å². The summed E-state index contributed by atoms with van der Waals surface area (Å²) in [4.78, 5) is 2.51. The van der Waals surface area contributed by atoms with E-state index in [1.165, 1.54) is 30.5 Å². The lowest BCUT2D eigenvalue weighted by Gasteiger charge is -2.22. The number of nitrogens with zero attached hydrogens (tertiary/aromatic N) is 1. The van der Waals surface area contributed by atoms with Gasteiger partial charge in [-0.05, 0) is 36.9 Å². The van der Waals surface area contributed by atoms with E-state index >= 15 is 0 Å². The molecule has 1 heterocycles. The topological polar surface area (TPSA) is 3.24 Å². The van der Waals surface area contributed by atoms with Crippen molar-refractivity contribution >= 4 is 11.6 Å². The lowest BCUT2D eigenvalue weighted by atomic mass is 10.1. The Bertz CT molecular complexity index is 320. The second kappa shape index (κ2) is 5.70.